The maximum atomic E-state index is 11.4. The fraction of sp³-hybridized carbons (Fsp3) is 0.750. The molecule has 0 spiro atoms. The van der Waals surface area contributed by atoms with Crippen LogP contribution in [-0.2, 0) is 19.1 Å². The van der Waals surface area contributed by atoms with E-state index in [1.807, 2.05) is 0 Å². The van der Waals surface area contributed by atoms with Crippen molar-refractivity contribution in [3.8, 4) is 0 Å². The molecule has 1 heterocycles. The summed E-state index contributed by atoms with van der Waals surface area (Å²) in [6.45, 7) is -2.34. The van der Waals surface area contributed by atoms with Crippen LogP contribution >= 0.6 is 0 Å². The van der Waals surface area contributed by atoms with Crippen molar-refractivity contribution in [2.24, 2.45) is 0 Å². The van der Waals surface area contributed by atoms with Gasteiger partial charge in [0, 0.05) is 18.7 Å². The van der Waals surface area contributed by atoms with Gasteiger partial charge in [-0.1, -0.05) is 0 Å². The summed E-state index contributed by atoms with van der Waals surface area (Å²) >= 11 is 0. The number of carbonyl (C=O) groups excluding carboxylic acids is 1. The molecule has 174 valence electrons. The van der Waals surface area contributed by atoms with Crippen molar-refractivity contribution in [2.45, 2.75) is 55.1 Å². The van der Waals surface area contributed by atoms with E-state index in [1.165, 1.54) is 0 Å². The highest BCUT2D eigenvalue weighted by molar-refractivity contribution is 5.93. The molecule has 1 rings (SSSR count). The Morgan fingerprint density at radius 3 is 2.17 bits per heavy atom. The maximum absolute atomic E-state index is 11.4. The minimum absolute atomic E-state index is 0.540. The first kappa shape index (κ1) is 26.3. The van der Waals surface area contributed by atoms with Crippen LogP contribution in [0, 0.1) is 0 Å². The van der Waals surface area contributed by atoms with Crippen molar-refractivity contribution >= 4 is 11.9 Å². The lowest BCUT2D eigenvalue weighted by Gasteiger charge is -2.42. The average molecular weight is 441 g/mol. The minimum atomic E-state index is -1.97. The normalized spacial score (nSPS) is 31.1. The van der Waals surface area contributed by atoms with E-state index in [9.17, 15) is 50.4 Å². The molecule has 0 bridgehead atoms. The second kappa shape index (κ2) is 12.2. The van der Waals surface area contributed by atoms with Crippen molar-refractivity contribution in [1.82, 2.24) is 5.32 Å². The van der Waals surface area contributed by atoms with Gasteiger partial charge in [0.05, 0.1) is 19.3 Å². The second-order valence-corrected chi connectivity index (χ2v) is 6.52. The molecule has 30 heavy (non-hydrogen) atoms. The van der Waals surface area contributed by atoms with Gasteiger partial charge in [-0.3, -0.25) is 4.79 Å². The fourth-order valence-electron chi connectivity index (χ4n) is 2.59. The topological polar surface area (TPSA) is 247 Å². The summed E-state index contributed by atoms with van der Waals surface area (Å²) < 4.78 is 10.3. The first-order valence-corrected chi connectivity index (χ1v) is 8.83. The SMILES string of the molecule is O=C(O)/C=C/C(=O)NC[C@H](O)[C@@H](O)[C@H](O[C@@H]1O[C@H](CO)[C@H](O)[C@H](O)[C@H]1O)[C@H](O)CO. The third-order valence-electron chi connectivity index (χ3n) is 4.30. The molecule has 1 fully saturated rings. The molecule has 14 heteroatoms. The monoisotopic (exact) mass is 441 g/mol. The Morgan fingerprint density at radius 1 is 1.00 bits per heavy atom. The minimum Gasteiger partial charge on any atom is -0.478 e. The number of ether oxygens (including phenoxy) is 2. The summed E-state index contributed by atoms with van der Waals surface area (Å²) in [6.07, 6.45) is -14.7. The zero-order valence-electron chi connectivity index (χ0n) is 15.6. The van der Waals surface area contributed by atoms with Crippen molar-refractivity contribution in [2.75, 3.05) is 19.8 Å². The molecule has 0 unspecified atom stereocenters. The zero-order valence-corrected chi connectivity index (χ0v) is 15.6. The number of aliphatic hydroxyl groups is 8. The Hall–Kier alpha value is -1.72. The van der Waals surface area contributed by atoms with Crippen LogP contribution in [0.15, 0.2) is 12.2 Å². The summed E-state index contributed by atoms with van der Waals surface area (Å²) in [6, 6.07) is 0. The Morgan fingerprint density at radius 2 is 1.63 bits per heavy atom. The van der Waals surface area contributed by atoms with Crippen molar-refractivity contribution in [3.05, 3.63) is 12.2 Å². The van der Waals surface area contributed by atoms with Gasteiger partial charge in [0.25, 0.3) is 0 Å². The largest absolute Gasteiger partial charge is 0.478 e. The standard InChI is InChI=1S/C16H27NO13/c18-4-7(21)15(11(25)6(20)3-17-9(22)1-2-10(23)24)30-16-14(28)13(27)12(26)8(5-19)29-16/h1-2,6-8,11-16,18-21,25-28H,3-5H2,(H,17,22)(H,23,24)/b2-1+/t6-,7+,8+,11+,12-,13-,14+,15+,16-/m0/s1. The van der Waals surface area contributed by atoms with Gasteiger partial charge >= 0.3 is 5.97 Å². The van der Waals surface area contributed by atoms with E-state index in [0.717, 1.165) is 0 Å². The summed E-state index contributed by atoms with van der Waals surface area (Å²) in [5.74, 6) is -2.29. The predicted molar refractivity (Wildman–Crippen MR) is 93.5 cm³/mol. The van der Waals surface area contributed by atoms with Gasteiger partial charge in [0.2, 0.25) is 5.91 Å². The lowest BCUT2D eigenvalue weighted by molar-refractivity contribution is -0.327. The lowest BCUT2D eigenvalue weighted by atomic mass is 9.98. The smallest absolute Gasteiger partial charge is 0.328 e. The molecule has 1 aliphatic rings. The predicted octanol–water partition coefficient (Wildman–Crippen LogP) is -6.00. The summed E-state index contributed by atoms with van der Waals surface area (Å²) in [7, 11) is 0. The number of carboxylic acid groups (broad SMARTS) is 1. The highest BCUT2D eigenvalue weighted by Gasteiger charge is 2.46. The van der Waals surface area contributed by atoms with Gasteiger partial charge in [-0.05, 0) is 0 Å². The number of hydrogen-bond donors (Lipinski definition) is 10. The number of nitrogens with one attached hydrogen (secondary N) is 1. The summed E-state index contributed by atoms with van der Waals surface area (Å²) in [5, 5.41) is 88.6. The molecule has 0 aliphatic carbocycles. The van der Waals surface area contributed by atoms with Crippen LogP contribution in [0.4, 0.5) is 0 Å². The van der Waals surface area contributed by atoms with E-state index >= 15 is 0 Å². The number of rotatable bonds is 11. The molecular weight excluding hydrogens is 414 g/mol. The van der Waals surface area contributed by atoms with Gasteiger partial charge in [-0.15, -0.1) is 0 Å². The molecule has 0 aromatic carbocycles. The van der Waals surface area contributed by atoms with Crippen LogP contribution in [0.25, 0.3) is 0 Å². The number of hydrogen-bond acceptors (Lipinski definition) is 12. The van der Waals surface area contributed by atoms with Crippen LogP contribution in [0.2, 0.25) is 0 Å². The molecule has 0 aromatic rings. The Kier molecular flexibility index (Phi) is 10.7. The highest BCUT2D eigenvalue weighted by atomic mass is 16.7. The highest BCUT2D eigenvalue weighted by Crippen LogP contribution is 2.24. The number of aliphatic hydroxyl groups excluding tert-OH is 8. The molecule has 14 nitrogen and oxygen atoms in total. The van der Waals surface area contributed by atoms with Gasteiger partial charge in [0.1, 0.15) is 42.7 Å². The van der Waals surface area contributed by atoms with Gasteiger partial charge < -0.3 is 60.7 Å². The average Bonchev–Trinajstić information content (AvgIpc) is 2.72. The zero-order chi connectivity index (χ0) is 23.0. The third kappa shape index (κ3) is 7.21. The molecule has 1 amide bonds. The van der Waals surface area contributed by atoms with Crippen LogP contribution in [0.3, 0.4) is 0 Å². The van der Waals surface area contributed by atoms with Crippen molar-refractivity contribution in [3.63, 3.8) is 0 Å². The molecule has 0 radical (unpaired) electrons. The van der Waals surface area contributed by atoms with Crippen LogP contribution in [0.5, 0.6) is 0 Å². The van der Waals surface area contributed by atoms with Crippen LogP contribution in [0.1, 0.15) is 0 Å². The number of carboxylic acids is 1. The Balaban J connectivity index is 2.82. The van der Waals surface area contributed by atoms with E-state index < -0.39 is 86.8 Å². The summed E-state index contributed by atoms with van der Waals surface area (Å²) in [5.41, 5.74) is 0. The molecule has 9 atom stereocenters. The van der Waals surface area contributed by atoms with Gasteiger partial charge in [-0.25, -0.2) is 4.79 Å². The number of carbonyl (C=O) groups is 2. The molecular formula is C16H27NO13. The first-order chi connectivity index (χ1) is 14.0. The van der Waals surface area contributed by atoms with Crippen LogP contribution in [-0.4, -0.2) is 133 Å². The number of aliphatic carboxylic acids is 1. The van der Waals surface area contributed by atoms with E-state index in [4.69, 9.17) is 14.6 Å². The van der Waals surface area contributed by atoms with Crippen molar-refractivity contribution < 1.29 is 65.0 Å². The lowest BCUT2D eigenvalue weighted by Crippen LogP contribution is -2.61. The van der Waals surface area contributed by atoms with Gasteiger partial charge in [-0.2, -0.15) is 0 Å². The maximum Gasteiger partial charge on any atom is 0.328 e. The molecule has 0 saturated carbocycles. The van der Waals surface area contributed by atoms with E-state index in [-0.39, 0.29) is 0 Å². The fourth-order valence-corrected chi connectivity index (χ4v) is 2.59. The van der Waals surface area contributed by atoms with Gasteiger partial charge in [0.15, 0.2) is 6.29 Å². The Bertz CT molecular complexity index is 585. The van der Waals surface area contributed by atoms with E-state index in [1.54, 1.807) is 0 Å². The molecule has 0 aromatic heterocycles. The van der Waals surface area contributed by atoms with Crippen LogP contribution < -0.4 is 5.32 Å². The quantitative estimate of drug-likeness (QED) is 0.134. The molecule has 1 aliphatic heterocycles. The van der Waals surface area contributed by atoms with E-state index in [2.05, 4.69) is 5.32 Å². The third-order valence-corrected chi connectivity index (χ3v) is 4.30. The Labute approximate surface area is 170 Å². The molecule has 1 saturated heterocycles. The van der Waals surface area contributed by atoms with Crippen molar-refractivity contribution in [1.29, 1.82) is 0 Å². The number of amides is 1. The molecule has 10 N–H and O–H groups in total. The van der Waals surface area contributed by atoms with E-state index in [0.29, 0.717) is 12.2 Å². The summed E-state index contributed by atoms with van der Waals surface area (Å²) in [4.78, 5) is 21.8. The first-order valence-electron chi connectivity index (χ1n) is 8.83. The second-order valence-electron chi connectivity index (χ2n) is 6.52.